The van der Waals surface area contributed by atoms with Gasteiger partial charge in [0, 0.05) is 41.9 Å². The smallest absolute Gasteiger partial charge is 0.416 e. The number of nitrogens with zero attached hydrogens (tertiary/aromatic N) is 1. The van der Waals surface area contributed by atoms with Crippen molar-refractivity contribution in [2.75, 3.05) is 18.0 Å². The number of carbonyl (C=O) groups excluding carboxylic acids is 1. The van der Waals surface area contributed by atoms with Gasteiger partial charge in [-0.05, 0) is 67.6 Å². The molecular formula is C26H31ClF3N3O2. The van der Waals surface area contributed by atoms with Gasteiger partial charge in [0.25, 0.3) is 0 Å². The fourth-order valence-electron chi connectivity index (χ4n) is 4.98. The fraction of sp³-hybridized carbons (Fsp3) is 0.500. The fourth-order valence-corrected chi connectivity index (χ4v) is 5.20. The first-order valence-electron chi connectivity index (χ1n) is 12.1. The van der Waals surface area contributed by atoms with E-state index in [1.165, 1.54) is 0 Å². The van der Waals surface area contributed by atoms with Crippen molar-refractivity contribution in [1.82, 2.24) is 10.6 Å². The number of hydrogen-bond donors (Lipinski definition) is 2. The summed E-state index contributed by atoms with van der Waals surface area (Å²) in [5.74, 6) is 0. The third-order valence-corrected chi connectivity index (χ3v) is 6.99. The van der Waals surface area contributed by atoms with Gasteiger partial charge in [0.1, 0.15) is 6.61 Å². The number of halogens is 4. The van der Waals surface area contributed by atoms with E-state index in [4.69, 9.17) is 16.3 Å². The Bertz CT molecular complexity index is 987. The molecule has 1 amide bonds. The zero-order valence-electron chi connectivity index (χ0n) is 19.5. The molecule has 1 saturated heterocycles. The van der Waals surface area contributed by atoms with Crippen molar-refractivity contribution >= 4 is 23.4 Å². The molecule has 2 aliphatic rings. The minimum atomic E-state index is -4.33. The first-order chi connectivity index (χ1) is 16.8. The number of alkyl carbamates (subject to hydrolysis) is 1. The molecule has 1 heterocycles. The molecule has 1 aliphatic carbocycles. The van der Waals surface area contributed by atoms with Gasteiger partial charge in [0.2, 0.25) is 0 Å². The molecule has 0 spiro atoms. The van der Waals surface area contributed by atoms with Crippen molar-refractivity contribution in [2.24, 2.45) is 0 Å². The van der Waals surface area contributed by atoms with Gasteiger partial charge >= 0.3 is 12.3 Å². The Balaban J connectivity index is 1.30. The van der Waals surface area contributed by atoms with Gasteiger partial charge < -0.3 is 20.3 Å². The molecule has 4 rings (SSSR count). The van der Waals surface area contributed by atoms with Crippen LogP contribution < -0.4 is 15.5 Å². The quantitative estimate of drug-likeness (QED) is 0.490. The van der Waals surface area contributed by atoms with Gasteiger partial charge in [-0.15, -0.1) is 0 Å². The molecule has 3 unspecified atom stereocenters. The monoisotopic (exact) mass is 509 g/mol. The van der Waals surface area contributed by atoms with Crippen LogP contribution in [0.3, 0.4) is 0 Å². The van der Waals surface area contributed by atoms with Gasteiger partial charge in [-0.1, -0.05) is 36.6 Å². The molecule has 190 valence electrons. The van der Waals surface area contributed by atoms with Crippen LogP contribution in [0.15, 0.2) is 48.5 Å². The van der Waals surface area contributed by atoms with Gasteiger partial charge in [-0.3, -0.25) is 0 Å². The number of ether oxygens (including phenoxy) is 1. The highest BCUT2D eigenvalue weighted by molar-refractivity contribution is 6.30. The standard InChI is InChI=1S/C26H31ClF3N3O2/c27-20-6-3-5-18(15-20)17-35-25(34)32-24-9-2-1-8-23(24)31-21-7-4-14-33(16-21)22-12-10-19(11-13-22)26(28,29)30/h3,5-6,10-13,15,21,23-24,31H,1-2,4,7-9,14,16-17H2,(H,32,34). The summed E-state index contributed by atoms with van der Waals surface area (Å²) in [5, 5.41) is 7.35. The number of carbonyl (C=O) groups is 1. The molecule has 9 heteroatoms. The lowest BCUT2D eigenvalue weighted by atomic mass is 9.89. The lowest BCUT2D eigenvalue weighted by Gasteiger charge is -2.40. The lowest BCUT2D eigenvalue weighted by Crippen LogP contribution is -2.57. The molecule has 2 aromatic rings. The van der Waals surface area contributed by atoms with Crippen LogP contribution in [0.1, 0.15) is 49.7 Å². The van der Waals surface area contributed by atoms with Crippen molar-refractivity contribution in [3.05, 3.63) is 64.7 Å². The third kappa shape index (κ3) is 7.27. The number of alkyl halides is 3. The van der Waals surface area contributed by atoms with Gasteiger partial charge in [0.15, 0.2) is 0 Å². The summed E-state index contributed by atoms with van der Waals surface area (Å²) in [7, 11) is 0. The summed E-state index contributed by atoms with van der Waals surface area (Å²) in [6.45, 7) is 1.68. The van der Waals surface area contributed by atoms with E-state index in [-0.39, 0.29) is 24.7 Å². The summed E-state index contributed by atoms with van der Waals surface area (Å²) in [6.07, 6.45) is 1.12. The normalized spacial score (nSPS) is 23.1. The van der Waals surface area contributed by atoms with E-state index in [0.29, 0.717) is 11.6 Å². The summed E-state index contributed by atoms with van der Waals surface area (Å²) >= 11 is 5.99. The maximum Gasteiger partial charge on any atom is 0.416 e. The second kappa shape index (κ2) is 11.5. The minimum absolute atomic E-state index is 0.0305. The van der Waals surface area contributed by atoms with Crippen LogP contribution in [-0.2, 0) is 17.5 Å². The summed E-state index contributed by atoms with van der Waals surface area (Å²) in [4.78, 5) is 14.6. The predicted octanol–water partition coefficient (Wildman–Crippen LogP) is 6.15. The number of amides is 1. The number of piperidine rings is 1. The van der Waals surface area contributed by atoms with Crippen LogP contribution in [0.5, 0.6) is 0 Å². The summed E-state index contributed by atoms with van der Waals surface area (Å²) in [5.41, 5.74) is 0.996. The first-order valence-corrected chi connectivity index (χ1v) is 12.5. The molecule has 0 bridgehead atoms. The van der Waals surface area contributed by atoms with Crippen molar-refractivity contribution in [1.29, 1.82) is 0 Å². The molecule has 5 nitrogen and oxygen atoms in total. The number of benzene rings is 2. The minimum Gasteiger partial charge on any atom is -0.445 e. The Kier molecular flexibility index (Phi) is 8.44. The number of anilines is 1. The highest BCUT2D eigenvalue weighted by Gasteiger charge is 2.32. The second-order valence-electron chi connectivity index (χ2n) is 9.34. The molecule has 2 aromatic carbocycles. The molecule has 0 aromatic heterocycles. The molecule has 35 heavy (non-hydrogen) atoms. The van der Waals surface area contributed by atoms with Gasteiger partial charge in [0.05, 0.1) is 5.56 Å². The van der Waals surface area contributed by atoms with Crippen LogP contribution in [0, 0.1) is 0 Å². The van der Waals surface area contributed by atoms with E-state index in [9.17, 15) is 18.0 Å². The van der Waals surface area contributed by atoms with Crippen LogP contribution in [0.25, 0.3) is 0 Å². The van der Waals surface area contributed by atoms with E-state index >= 15 is 0 Å². The summed E-state index contributed by atoms with van der Waals surface area (Å²) < 4.78 is 44.1. The van der Waals surface area contributed by atoms with Gasteiger partial charge in [-0.2, -0.15) is 13.2 Å². The lowest BCUT2D eigenvalue weighted by molar-refractivity contribution is -0.137. The molecule has 0 radical (unpaired) electrons. The van der Waals surface area contributed by atoms with Crippen LogP contribution in [0.4, 0.5) is 23.7 Å². The SMILES string of the molecule is O=C(NC1CCCCC1NC1CCCN(c2ccc(C(F)(F)F)cc2)C1)OCc1cccc(Cl)c1. The number of nitrogens with one attached hydrogen (secondary N) is 2. The Morgan fingerprint density at radius 3 is 2.49 bits per heavy atom. The zero-order chi connectivity index (χ0) is 24.8. The highest BCUT2D eigenvalue weighted by Crippen LogP contribution is 2.31. The average molecular weight is 510 g/mol. The van der Waals surface area contributed by atoms with Crippen molar-refractivity contribution in [3.63, 3.8) is 0 Å². The maximum absolute atomic E-state index is 12.9. The predicted molar refractivity (Wildman–Crippen MR) is 131 cm³/mol. The number of rotatable bonds is 6. The Labute approximate surface area is 209 Å². The topological polar surface area (TPSA) is 53.6 Å². The molecule has 2 N–H and O–H groups in total. The molecule has 2 fully saturated rings. The highest BCUT2D eigenvalue weighted by atomic mass is 35.5. The second-order valence-corrected chi connectivity index (χ2v) is 9.78. The van der Waals surface area contributed by atoms with E-state index in [0.717, 1.165) is 68.5 Å². The maximum atomic E-state index is 12.9. The average Bonchev–Trinajstić information content (AvgIpc) is 2.84. The van der Waals surface area contributed by atoms with E-state index in [1.54, 1.807) is 24.3 Å². The van der Waals surface area contributed by atoms with E-state index < -0.39 is 17.8 Å². The van der Waals surface area contributed by atoms with Crippen LogP contribution >= 0.6 is 11.6 Å². The molecule has 1 aliphatic heterocycles. The van der Waals surface area contributed by atoms with Gasteiger partial charge in [-0.25, -0.2) is 4.79 Å². The van der Waals surface area contributed by atoms with Crippen molar-refractivity contribution in [2.45, 2.75) is 69.4 Å². The van der Waals surface area contributed by atoms with E-state index in [1.807, 2.05) is 12.1 Å². The first kappa shape index (κ1) is 25.6. The zero-order valence-corrected chi connectivity index (χ0v) is 20.2. The van der Waals surface area contributed by atoms with Crippen molar-refractivity contribution in [3.8, 4) is 0 Å². The van der Waals surface area contributed by atoms with E-state index in [2.05, 4.69) is 15.5 Å². The largest absolute Gasteiger partial charge is 0.445 e. The Morgan fingerprint density at radius 2 is 1.77 bits per heavy atom. The number of hydrogen-bond acceptors (Lipinski definition) is 4. The molecule has 3 atom stereocenters. The Morgan fingerprint density at radius 1 is 1.03 bits per heavy atom. The third-order valence-electron chi connectivity index (χ3n) is 6.76. The molecular weight excluding hydrogens is 479 g/mol. The van der Waals surface area contributed by atoms with Crippen LogP contribution in [0.2, 0.25) is 5.02 Å². The Hall–Kier alpha value is -2.45. The molecule has 1 saturated carbocycles. The van der Waals surface area contributed by atoms with Crippen molar-refractivity contribution < 1.29 is 22.7 Å². The summed E-state index contributed by atoms with van der Waals surface area (Å²) in [6, 6.07) is 12.9. The van der Waals surface area contributed by atoms with Crippen LogP contribution in [-0.4, -0.2) is 37.3 Å².